The molecule has 96 valence electrons. The first-order valence-corrected chi connectivity index (χ1v) is 6.26. The summed E-state index contributed by atoms with van der Waals surface area (Å²) in [5.41, 5.74) is 1.61. The molecule has 0 bridgehead atoms. The van der Waals surface area contributed by atoms with E-state index in [1.54, 1.807) is 0 Å². The lowest BCUT2D eigenvalue weighted by Crippen LogP contribution is -2.10. The molecule has 0 heterocycles. The molecule has 0 radical (unpaired) electrons. The Morgan fingerprint density at radius 2 is 2.28 bits per heavy atom. The van der Waals surface area contributed by atoms with Crippen LogP contribution in [-0.2, 0) is 4.79 Å². The molecular weight excluding hydrogens is 226 g/mol. The first-order valence-electron chi connectivity index (χ1n) is 6.26. The average Bonchev–Trinajstić information content (AvgIpc) is 2.37. The molecule has 0 aliphatic carbocycles. The van der Waals surface area contributed by atoms with Crippen LogP contribution in [0.3, 0.4) is 0 Å². The number of amides is 1. The summed E-state index contributed by atoms with van der Waals surface area (Å²) in [7, 11) is 0. The summed E-state index contributed by atoms with van der Waals surface area (Å²) in [5.74, 6) is 5.83. The van der Waals surface area contributed by atoms with Crippen molar-refractivity contribution in [3.05, 3.63) is 29.8 Å². The monoisotopic (exact) mass is 245 g/mol. The van der Waals surface area contributed by atoms with Crippen LogP contribution in [0.4, 0.5) is 5.69 Å². The molecule has 1 aromatic carbocycles. The summed E-state index contributed by atoms with van der Waals surface area (Å²) in [5, 5.41) is 11.5. The van der Waals surface area contributed by atoms with E-state index in [1.807, 2.05) is 24.3 Å². The second kappa shape index (κ2) is 8.32. The van der Waals surface area contributed by atoms with Gasteiger partial charge in [-0.15, -0.1) is 0 Å². The number of nitrogens with one attached hydrogen (secondary N) is 1. The Bertz CT molecular complexity index is 443. The smallest absolute Gasteiger partial charge is 0.224 e. The number of aliphatic hydroxyl groups excluding tert-OH is 1. The van der Waals surface area contributed by atoms with E-state index in [0.717, 1.165) is 24.1 Å². The molecule has 2 N–H and O–H groups in total. The largest absolute Gasteiger partial charge is 0.395 e. The van der Waals surface area contributed by atoms with Gasteiger partial charge in [0.15, 0.2) is 0 Å². The van der Waals surface area contributed by atoms with Crippen LogP contribution >= 0.6 is 0 Å². The van der Waals surface area contributed by atoms with E-state index in [-0.39, 0.29) is 12.5 Å². The standard InChI is InChI=1S/C15H19NO2/c1-2-3-10-15(18)16-14-9-6-8-13(12-14)7-4-5-11-17/h6,8-9,12,17H,2-3,5,10-11H2,1H3,(H,16,18). The molecular formula is C15H19NO2. The van der Waals surface area contributed by atoms with Gasteiger partial charge in [0.1, 0.15) is 0 Å². The molecule has 0 unspecified atom stereocenters. The predicted octanol–water partition coefficient (Wildman–Crippen LogP) is 2.55. The zero-order chi connectivity index (χ0) is 13.2. The van der Waals surface area contributed by atoms with Crippen LogP contribution in [0, 0.1) is 11.8 Å². The van der Waals surface area contributed by atoms with E-state index in [9.17, 15) is 4.79 Å². The van der Waals surface area contributed by atoms with Crippen molar-refractivity contribution in [1.29, 1.82) is 0 Å². The van der Waals surface area contributed by atoms with Crippen molar-refractivity contribution in [1.82, 2.24) is 0 Å². The molecule has 0 saturated carbocycles. The number of anilines is 1. The normalized spacial score (nSPS) is 9.44. The Balaban J connectivity index is 2.60. The second-order valence-corrected chi connectivity index (χ2v) is 4.01. The van der Waals surface area contributed by atoms with Gasteiger partial charge >= 0.3 is 0 Å². The van der Waals surface area contributed by atoms with E-state index in [4.69, 9.17) is 5.11 Å². The minimum Gasteiger partial charge on any atom is -0.395 e. The number of carbonyl (C=O) groups is 1. The molecule has 3 heteroatoms. The first kappa shape index (κ1) is 14.3. The van der Waals surface area contributed by atoms with E-state index in [1.165, 1.54) is 0 Å². The number of benzene rings is 1. The maximum absolute atomic E-state index is 11.6. The zero-order valence-corrected chi connectivity index (χ0v) is 10.7. The predicted molar refractivity (Wildman–Crippen MR) is 73.2 cm³/mol. The van der Waals surface area contributed by atoms with Gasteiger partial charge in [-0.3, -0.25) is 4.79 Å². The van der Waals surface area contributed by atoms with Crippen LogP contribution in [0.2, 0.25) is 0 Å². The van der Waals surface area contributed by atoms with Crippen LogP contribution in [0.15, 0.2) is 24.3 Å². The molecule has 0 aliphatic rings. The number of hydrogen-bond acceptors (Lipinski definition) is 2. The molecule has 0 aromatic heterocycles. The molecule has 1 aromatic rings. The number of aliphatic hydroxyl groups is 1. The van der Waals surface area contributed by atoms with E-state index in [0.29, 0.717) is 12.8 Å². The van der Waals surface area contributed by atoms with Gasteiger partial charge in [-0.1, -0.05) is 31.3 Å². The van der Waals surface area contributed by atoms with Gasteiger partial charge in [0, 0.05) is 24.1 Å². The highest BCUT2D eigenvalue weighted by Crippen LogP contribution is 2.10. The summed E-state index contributed by atoms with van der Waals surface area (Å²) < 4.78 is 0. The SMILES string of the molecule is CCCCC(=O)Nc1cccc(C#CCCO)c1. The molecule has 0 aliphatic heterocycles. The van der Waals surface area contributed by atoms with E-state index in [2.05, 4.69) is 24.1 Å². The van der Waals surface area contributed by atoms with Crippen molar-refractivity contribution in [2.24, 2.45) is 0 Å². The Hall–Kier alpha value is -1.79. The van der Waals surface area contributed by atoms with Gasteiger partial charge < -0.3 is 10.4 Å². The quantitative estimate of drug-likeness (QED) is 0.783. The third kappa shape index (κ3) is 5.51. The Morgan fingerprint density at radius 3 is 3.00 bits per heavy atom. The van der Waals surface area contributed by atoms with E-state index >= 15 is 0 Å². The molecule has 0 atom stereocenters. The number of rotatable bonds is 5. The average molecular weight is 245 g/mol. The van der Waals surface area contributed by atoms with Crippen molar-refractivity contribution in [2.45, 2.75) is 32.6 Å². The second-order valence-electron chi connectivity index (χ2n) is 4.01. The molecule has 0 saturated heterocycles. The Labute approximate surface area is 108 Å². The molecule has 0 fully saturated rings. The van der Waals surface area contributed by atoms with Crippen LogP contribution in [0.1, 0.15) is 38.2 Å². The van der Waals surface area contributed by atoms with Crippen molar-refractivity contribution < 1.29 is 9.90 Å². The minimum absolute atomic E-state index is 0.0392. The Morgan fingerprint density at radius 1 is 1.44 bits per heavy atom. The topological polar surface area (TPSA) is 49.3 Å². The molecule has 18 heavy (non-hydrogen) atoms. The minimum atomic E-state index is 0.0392. The third-order valence-corrected chi connectivity index (χ3v) is 2.37. The fraction of sp³-hybridized carbons (Fsp3) is 0.400. The molecule has 1 amide bonds. The van der Waals surface area contributed by atoms with Crippen molar-refractivity contribution in [3.63, 3.8) is 0 Å². The van der Waals surface area contributed by atoms with Gasteiger partial charge in [0.05, 0.1) is 6.61 Å². The molecule has 1 rings (SSSR count). The lowest BCUT2D eigenvalue weighted by atomic mass is 10.2. The van der Waals surface area contributed by atoms with E-state index < -0.39 is 0 Å². The lowest BCUT2D eigenvalue weighted by molar-refractivity contribution is -0.116. The van der Waals surface area contributed by atoms with Gasteiger partial charge in [-0.05, 0) is 24.6 Å². The fourth-order valence-corrected chi connectivity index (χ4v) is 1.46. The number of carbonyl (C=O) groups excluding carboxylic acids is 1. The maximum atomic E-state index is 11.6. The van der Waals surface area contributed by atoms with Crippen molar-refractivity contribution >= 4 is 11.6 Å². The Kier molecular flexibility index (Phi) is 6.60. The summed E-state index contributed by atoms with van der Waals surface area (Å²) in [6, 6.07) is 7.43. The number of hydrogen-bond donors (Lipinski definition) is 2. The van der Waals surface area contributed by atoms with Crippen molar-refractivity contribution in [2.75, 3.05) is 11.9 Å². The highest BCUT2D eigenvalue weighted by molar-refractivity contribution is 5.90. The summed E-state index contributed by atoms with van der Waals surface area (Å²) in [6.45, 7) is 2.13. The lowest BCUT2D eigenvalue weighted by Gasteiger charge is -2.04. The van der Waals surface area contributed by atoms with Crippen LogP contribution in [0.25, 0.3) is 0 Å². The third-order valence-electron chi connectivity index (χ3n) is 2.37. The van der Waals surface area contributed by atoms with Crippen LogP contribution in [0.5, 0.6) is 0 Å². The van der Waals surface area contributed by atoms with Gasteiger partial charge in [0.2, 0.25) is 5.91 Å². The highest BCUT2D eigenvalue weighted by atomic mass is 16.2. The van der Waals surface area contributed by atoms with Crippen molar-refractivity contribution in [3.8, 4) is 11.8 Å². The maximum Gasteiger partial charge on any atom is 0.224 e. The van der Waals surface area contributed by atoms with Gasteiger partial charge in [-0.2, -0.15) is 0 Å². The summed E-state index contributed by atoms with van der Waals surface area (Å²) in [4.78, 5) is 11.6. The first-order chi connectivity index (χ1) is 8.76. The van der Waals surface area contributed by atoms with Crippen LogP contribution < -0.4 is 5.32 Å². The van der Waals surface area contributed by atoms with Gasteiger partial charge in [-0.25, -0.2) is 0 Å². The summed E-state index contributed by atoms with van der Waals surface area (Å²) >= 11 is 0. The highest BCUT2D eigenvalue weighted by Gasteiger charge is 2.01. The summed E-state index contributed by atoms with van der Waals surface area (Å²) in [6.07, 6.45) is 2.94. The fourth-order valence-electron chi connectivity index (χ4n) is 1.46. The zero-order valence-electron chi connectivity index (χ0n) is 10.7. The molecule has 0 spiro atoms. The number of unbranched alkanes of at least 4 members (excludes halogenated alkanes) is 1. The van der Waals surface area contributed by atoms with Gasteiger partial charge in [0.25, 0.3) is 0 Å². The van der Waals surface area contributed by atoms with Crippen LogP contribution in [-0.4, -0.2) is 17.6 Å². The molecule has 3 nitrogen and oxygen atoms in total.